The fourth-order valence-corrected chi connectivity index (χ4v) is 5.18. The molecule has 1 unspecified atom stereocenters. The van der Waals surface area contributed by atoms with Crippen LogP contribution in [0, 0.1) is 0 Å². The zero-order chi connectivity index (χ0) is 24.1. The van der Waals surface area contributed by atoms with Crippen molar-refractivity contribution in [2.45, 2.75) is 17.9 Å². The van der Waals surface area contributed by atoms with Crippen LogP contribution in [0.3, 0.4) is 0 Å². The van der Waals surface area contributed by atoms with Crippen molar-refractivity contribution < 1.29 is 27.4 Å². The van der Waals surface area contributed by atoms with Crippen LogP contribution in [0.4, 0.5) is 5.69 Å². The molecule has 1 aliphatic rings. The molecule has 3 aromatic carbocycles. The third-order valence-corrected chi connectivity index (χ3v) is 7.20. The molecule has 34 heavy (non-hydrogen) atoms. The van der Waals surface area contributed by atoms with Gasteiger partial charge in [-0.1, -0.05) is 36.4 Å². The number of hydrogen-bond acceptors (Lipinski definition) is 6. The Hall–Kier alpha value is -3.72. The number of hydrogen-bond donors (Lipinski definition) is 1. The normalized spacial score (nSPS) is 13.6. The molecular weight excluding hydrogens is 456 g/mol. The lowest BCUT2D eigenvalue weighted by Gasteiger charge is -2.27. The molecule has 0 spiro atoms. The topological polar surface area (TPSA) is 94.2 Å². The van der Waals surface area contributed by atoms with Gasteiger partial charge in [-0.15, -0.1) is 0 Å². The molecular formula is C25H26N2O6S. The van der Waals surface area contributed by atoms with Crippen LogP contribution < -0.4 is 23.8 Å². The van der Waals surface area contributed by atoms with Gasteiger partial charge in [0, 0.05) is 11.6 Å². The van der Waals surface area contributed by atoms with Crippen LogP contribution in [0.2, 0.25) is 0 Å². The summed E-state index contributed by atoms with van der Waals surface area (Å²) in [6.07, 6.45) is 0. The first-order chi connectivity index (χ1) is 16.4. The Kier molecular flexibility index (Phi) is 6.93. The van der Waals surface area contributed by atoms with Crippen molar-refractivity contribution in [1.29, 1.82) is 0 Å². The smallest absolute Gasteiger partial charge is 0.264 e. The van der Waals surface area contributed by atoms with Crippen LogP contribution in [0.15, 0.2) is 77.7 Å². The molecule has 9 heteroatoms. The van der Waals surface area contributed by atoms with Crippen LogP contribution >= 0.6 is 0 Å². The summed E-state index contributed by atoms with van der Waals surface area (Å²) in [4.78, 5) is 13.1. The molecule has 1 amide bonds. The fourth-order valence-electron chi connectivity index (χ4n) is 3.74. The van der Waals surface area contributed by atoms with E-state index in [2.05, 4.69) is 5.32 Å². The first-order valence-electron chi connectivity index (χ1n) is 10.8. The van der Waals surface area contributed by atoms with E-state index in [4.69, 9.17) is 14.2 Å². The maximum absolute atomic E-state index is 13.5. The van der Waals surface area contributed by atoms with Crippen molar-refractivity contribution in [3.05, 3.63) is 78.4 Å². The van der Waals surface area contributed by atoms with Crippen molar-refractivity contribution in [3.8, 4) is 17.2 Å². The molecule has 0 saturated carbocycles. The number of benzene rings is 3. The summed E-state index contributed by atoms with van der Waals surface area (Å²) in [6.45, 7) is 2.17. The largest absolute Gasteiger partial charge is 0.496 e. The number of carbonyl (C=O) groups is 1. The number of nitrogens with one attached hydrogen (secondary N) is 1. The predicted octanol–water partition coefficient (Wildman–Crippen LogP) is 3.54. The number of anilines is 1. The highest BCUT2D eigenvalue weighted by atomic mass is 32.2. The Bertz CT molecular complexity index is 1260. The summed E-state index contributed by atoms with van der Waals surface area (Å²) < 4.78 is 44.7. The molecule has 1 N–H and O–H groups in total. The van der Waals surface area contributed by atoms with Crippen molar-refractivity contribution in [1.82, 2.24) is 5.32 Å². The summed E-state index contributed by atoms with van der Waals surface area (Å²) >= 11 is 0. The molecule has 8 nitrogen and oxygen atoms in total. The van der Waals surface area contributed by atoms with Crippen molar-refractivity contribution in [2.24, 2.45) is 0 Å². The summed E-state index contributed by atoms with van der Waals surface area (Å²) in [5.74, 6) is 1.13. The zero-order valence-corrected chi connectivity index (χ0v) is 19.7. The van der Waals surface area contributed by atoms with E-state index in [9.17, 15) is 13.2 Å². The van der Waals surface area contributed by atoms with Gasteiger partial charge < -0.3 is 19.5 Å². The number of rotatable bonds is 8. The zero-order valence-electron chi connectivity index (χ0n) is 18.9. The minimum atomic E-state index is -4.04. The molecule has 0 bridgehead atoms. The Morgan fingerprint density at radius 3 is 2.41 bits per heavy atom. The number of fused-ring (bicyclic) bond motifs is 1. The summed E-state index contributed by atoms with van der Waals surface area (Å²) in [5, 5.41) is 2.88. The second-order valence-electron chi connectivity index (χ2n) is 7.68. The van der Waals surface area contributed by atoms with E-state index in [1.165, 1.54) is 12.1 Å². The SMILES string of the molecule is COc1ccccc1C(C)NC(=O)CN(c1ccc2c(c1)OCCO2)S(=O)(=O)c1ccccc1. The Balaban J connectivity index is 1.64. The average Bonchev–Trinajstić information content (AvgIpc) is 2.87. The van der Waals surface area contributed by atoms with E-state index in [0.717, 1.165) is 9.87 Å². The predicted molar refractivity (Wildman–Crippen MR) is 128 cm³/mol. The minimum Gasteiger partial charge on any atom is -0.496 e. The standard InChI is InChI=1S/C25H26N2O6S/c1-18(21-10-6-7-11-22(21)31-2)26-25(28)17-27(34(29,30)20-8-4-3-5-9-20)19-12-13-23-24(16-19)33-15-14-32-23/h3-13,16,18H,14-15,17H2,1-2H3,(H,26,28). The van der Waals surface area contributed by atoms with E-state index < -0.39 is 28.5 Å². The molecule has 4 rings (SSSR count). The molecule has 1 aliphatic heterocycles. The number of carbonyl (C=O) groups excluding carboxylic acids is 1. The number of amides is 1. The van der Waals surface area contributed by atoms with E-state index in [0.29, 0.717) is 36.1 Å². The van der Waals surface area contributed by atoms with Crippen LogP contribution in [-0.2, 0) is 14.8 Å². The second-order valence-corrected chi connectivity index (χ2v) is 9.55. The molecule has 0 fully saturated rings. The molecule has 3 aromatic rings. The summed E-state index contributed by atoms with van der Waals surface area (Å²) in [7, 11) is -2.48. The van der Waals surface area contributed by atoms with E-state index in [1.54, 1.807) is 49.6 Å². The van der Waals surface area contributed by atoms with Gasteiger partial charge in [0.2, 0.25) is 5.91 Å². The summed E-state index contributed by atoms with van der Waals surface area (Å²) in [5.41, 5.74) is 1.09. The number of sulfonamides is 1. The van der Waals surface area contributed by atoms with Crippen LogP contribution in [0.25, 0.3) is 0 Å². The van der Waals surface area contributed by atoms with E-state index in [-0.39, 0.29) is 4.90 Å². The van der Waals surface area contributed by atoms with Gasteiger partial charge >= 0.3 is 0 Å². The lowest BCUT2D eigenvalue weighted by molar-refractivity contribution is -0.120. The monoisotopic (exact) mass is 482 g/mol. The summed E-state index contributed by atoms with van der Waals surface area (Å²) in [6, 6.07) is 19.8. The number of ether oxygens (including phenoxy) is 3. The first kappa shape index (κ1) is 23.4. The first-order valence-corrected chi connectivity index (χ1v) is 12.2. The van der Waals surface area contributed by atoms with E-state index in [1.807, 2.05) is 25.1 Å². The van der Waals surface area contributed by atoms with Crippen molar-refractivity contribution in [2.75, 3.05) is 31.2 Å². The van der Waals surface area contributed by atoms with Crippen LogP contribution in [-0.4, -0.2) is 41.2 Å². The Labute approximate surface area is 199 Å². The molecule has 1 atom stereocenters. The van der Waals surface area contributed by atoms with Gasteiger partial charge in [-0.2, -0.15) is 0 Å². The lowest BCUT2D eigenvalue weighted by atomic mass is 10.1. The highest BCUT2D eigenvalue weighted by Gasteiger charge is 2.29. The van der Waals surface area contributed by atoms with Gasteiger partial charge in [0.15, 0.2) is 11.5 Å². The third-order valence-electron chi connectivity index (χ3n) is 5.42. The lowest BCUT2D eigenvalue weighted by Crippen LogP contribution is -2.41. The maximum Gasteiger partial charge on any atom is 0.264 e. The number of nitrogens with zero attached hydrogens (tertiary/aromatic N) is 1. The molecule has 0 radical (unpaired) electrons. The molecule has 178 valence electrons. The highest BCUT2D eigenvalue weighted by molar-refractivity contribution is 7.92. The van der Waals surface area contributed by atoms with Crippen LogP contribution in [0.5, 0.6) is 17.2 Å². The maximum atomic E-state index is 13.5. The molecule has 1 heterocycles. The van der Waals surface area contributed by atoms with Gasteiger partial charge in [0.05, 0.1) is 23.7 Å². The average molecular weight is 483 g/mol. The quantitative estimate of drug-likeness (QED) is 0.528. The number of methoxy groups -OCH3 is 1. The van der Waals surface area contributed by atoms with Gasteiger partial charge in [-0.25, -0.2) is 8.42 Å². The Morgan fingerprint density at radius 2 is 1.68 bits per heavy atom. The van der Waals surface area contributed by atoms with Gasteiger partial charge in [-0.3, -0.25) is 9.10 Å². The minimum absolute atomic E-state index is 0.0791. The highest BCUT2D eigenvalue weighted by Crippen LogP contribution is 2.35. The van der Waals surface area contributed by atoms with Crippen molar-refractivity contribution in [3.63, 3.8) is 0 Å². The Morgan fingerprint density at radius 1 is 1.00 bits per heavy atom. The second kappa shape index (κ2) is 10.0. The molecule has 0 saturated heterocycles. The van der Waals surface area contributed by atoms with Gasteiger partial charge in [0.1, 0.15) is 25.5 Å². The third kappa shape index (κ3) is 4.94. The van der Waals surface area contributed by atoms with Crippen LogP contribution in [0.1, 0.15) is 18.5 Å². The van der Waals surface area contributed by atoms with Gasteiger partial charge in [0.25, 0.3) is 10.0 Å². The molecule has 0 aromatic heterocycles. The van der Waals surface area contributed by atoms with Gasteiger partial charge in [-0.05, 0) is 37.3 Å². The fraction of sp³-hybridized carbons (Fsp3) is 0.240. The van der Waals surface area contributed by atoms with E-state index >= 15 is 0 Å². The number of para-hydroxylation sites is 1. The molecule has 0 aliphatic carbocycles. The van der Waals surface area contributed by atoms with Crippen molar-refractivity contribution >= 4 is 21.6 Å².